The van der Waals surface area contributed by atoms with Gasteiger partial charge in [0.25, 0.3) is 0 Å². The molecule has 0 fully saturated rings. The Labute approximate surface area is 133 Å². The van der Waals surface area contributed by atoms with Crippen molar-refractivity contribution in [2.75, 3.05) is 6.26 Å². The van der Waals surface area contributed by atoms with Gasteiger partial charge in [0.1, 0.15) is 4.90 Å². The molecule has 0 unspecified atom stereocenters. The van der Waals surface area contributed by atoms with Gasteiger partial charge in [-0.05, 0) is 42.8 Å². The third-order valence-corrected chi connectivity index (χ3v) is 5.22. The van der Waals surface area contributed by atoms with Crippen LogP contribution in [0.3, 0.4) is 0 Å². The largest absolute Gasteiger partial charge is 0.504 e. The molecule has 0 saturated carbocycles. The van der Waals surface area contributed by atoms with Crippen molar-refractivity contribution in [2.24, 2.45) is 0 Å². The minimum Gasteiger partial charge on any atom is -0.504 e. The molecule has 2 rings (SSSR count). The van der Waals surface area contributed by atoms with Gasteiger partial charge in [-0.15, -0.1) is 0 Å². The fourth-order valence-corrected chi connectivity index (χ4v) is 3.70. The first-order valence-electron chi connectivity index (χ1n) is 6.28. The number of aryl methyl sites for hydroxylation is 1. The van der Waals surface area contributed by atoms with E-state index in [1.165, 1.54) is 18.2 Å². The molecular weight excluding hydrogens is 344 g/mol. The standard InChI is InChI=1S/C14H14O7S2/c1-9-6-10(22(2,17)18)8-11(7-9)23(19,20)21-13-5-3-4-12(15)14(13)16/h3-8,15-16H,1-2H3. The first-order valence-corrected chi connectivity index (χ1v) is 9.58. The predicted octanol–water partition coefficient (Wildman–Crippen LogP) is 1.58. The van der Waals surface area contributed by atoms with Gasteiger partial charge in [-0.2, -0.15) is 8.42 Å². The number of phenols is 2. The molecule has 0 atom stereocenters. The molecule has 9 heteroatoms. The number of rotatable bonds is 4. The van der Waals surface area contributed by atoms with Crippen LogP contribution >= 0.6 is 0 Å². The Hall–Kier alpha value is -2.26. The van der Waals surface area contributed by atoms with E-state index in [-0.39, 0.29) is 9.79 Å². The lowest BCUT2D eigenvalue weighted by Gasteiger charge is -2.10. The van der Waals surface area contributed by atoms with Crippen molar-refractivity contribution in [2.45, 2.75) is 16.7 Å². The van der Waals surface area contributed by atoms with Gasteiger partial charge in [-0.3, -0.25) is 0 Å². The van der Waals surface area contributed by atoms with E-state index in [0.29, 0.717) is 5.56 Å². The van der Waals surface area contributed by atoms with Gasteiger partial charge in [-0.1, -0.05) is 6.07 Å². The van der Waals surface area contributed by atoms with Crippen LogP contribution in [-0.2, 0) is 20.0 Å². The summed E-state index contributed by atoms with van der Waals surface area (Å²) in [5.41, 5.74) is 0.412. The summed E-state index contributed by atoms with van der Waals surface area (Å²) in [7, 11) is -8.00. The maximum atomic E-state index is 12.3. The quantitative estimate of drug-likeness (QED) is 0.629. The van der Waals surface area contributed by atoms with Gasteiger partial charge in [0.2, 0.25) is 5.75 Å². The number of hydrogen-bond donors (Lipinski definition) is 2. The van der Waals surface area contributed by atoms with Crippen LogP contribution in [0.2, 0.25) is 0 Å². The lowest BCUT2D eigenvalue weighted by molar-refractivity contribution is 0.383. The molecule has 0 spiro atoms. The van der Waals surface area contributed by atoms with Crippen LogP contribution in [0.4, 0.5) is 0 Å². The van der Waals surface area contributed by atoms with Crippen LogP contribution in [0, 0.1) is 6.92 Å². The second-order valence-corrected chi connectivity index (χ2v) is 8.48. The van der Waals surface area contributed by atoms with Crippen LogP contribution in [0.5, 0.6) is 17.2 Å². The third-order valence-electron chi connectivity index (χ3n) is 2.92. The fraction of sp³-hybridized carbons (Fsp3) is 0.143. The molecule has 23 heavy (non-hydrogen) atoms. The molecule has 0 bridgehead atoms. The number of hydrogen-bond acceptors (Lipinski definition) is 7. The smallest absolute Gasteiger partial charge is 0.339 e. The van der Waals surface area contributed by atoms with Crippen LogP contribution in [0.15, 0.2) is 46.2 Å². The highest BCUT2D eigenvalue weighted by Crippen LogP contribution is 2.36. The molecule has 0 saturated heterocycles. The van der Waals surface area contributed by atoms with Gasteiger partial charge in [-0.25, -0.2) is 8.42 Å². The molecule has 0 radical (unpaired) electrons. The second kappa shape index (κ2) is 5.74. The molecule has 0 aliphatic carbocycles. The van der Waals surface area contributed by atoms with Crippen molar-refractivity contribution >= 4 is 20.0 Å². The van der Waals surface area contributed by atoms with E-state index < -0.39 is 37.2 Å². The number of aromatic hydroxyl groups is 2. The van der Waals surface area contributed by atoms with Gasteiger partial charge < -0.3 is 14.4 Å². The molecule has 0 heterocycles. The summed E-state index contributed by atoms with van der Waals surface area (Å²) in [4.78, 5) is -0.541. The number of sulfone groups is 1. The molecule has 0 aliphatic heterocycles. The zero-order valence-electron chi connectivity index (χ0n) is 12.2. The van der Waals surface area contributed by atoms with Crippen LogP contribution < -0.4 is 4.18 Å². The third kappa shape index (κ3) is 3.74. The summed E-state index contributed by atoms with van der Waals surface area (Å²) in [5, 5.41) is 19.0. The highest BCUT2D eigenvalue weighted by atomic mass is 32.2. The van der Waals surface area contributed by atoms with E-state index in [4.69, 9.17) is 4.18 Å². The highest BCUT2D eigenvalue weighted by molar-refractivity contribution is 7.90. The van der Waals surface area contributed by atoms with Crippen molar-refractivity contribution in [3.05, 3.63) is 42.0 Å². The van der Waals surface area contributed by atoms with E-state index in [9.17, 15) is 27.0 Å². The molecule has 124 valence electrons. The van der Waals surface area contributed by atoms with Crippen molar-refractivity contribution in [3.8, 4) is 17.2 Å². The van der Waals surface area contributed by atoms with Crippen molar-refractivity contribution in [1.29, 1.82) is 0 Å². The van der Waals surface area contributed by atoms with Crippen LogP contribution in [-0.4, -0.2) is 33.3 Å². The van der Waals surface area contributed by atoms with Crippen LogP contribution in [0.1, 0.15) is 5.56 Å². The van der Waals surface area contributed by atoms with Gasteiger partial charge >= 0.3 is 10.1 Å². The van der Waals surface area contributed by atoms with Gasteiger partial charge in [0.15, 0.2) is 21.3 Å². The summed E-state index contributed by atoms with van der Waals surface area (Å²) in [5.74, 6) is -1.74. The Morgan fingerprint density at radius 1 is 0.957 bits per heavy atom. The minimum atomic E-state index is -4.39. The van der Waals surface area contributed by atoms with Gasteiger partial charge in [0, 0.05) is 6.26 Å². The molecule has 2 aromatic rings. The molecule has 0 amide bonds. The summed E-state index contributed by atoms with van der Waals surface area (Å²) in [6.07, 6.45) is 0.958. The zero-order chi connectivity index (χ0) is 17.4. The summed E-state index contributed by atoms with van der Waals surface area (Å²) < 4.78 is 52.6. The molecule has 7 nitrogen and oxygen atoms in total. The Bertz CT molecular complexity index is 961. The molecule has 2 aromatic carbocycles. The van der Waals surface area contributed by atoms with Crippen molar-refractivity contribution in [3.63, 3.8) is 0 Å². The predicted molar refractivity (Wildman–Crippen MR) is 81.9 cm³/mol. The molecule has 2 N–H and O–H groups in total. The Morgan fingerprint density at radius 2 is 1.57 bits per heavy atom. The molecule has 0 aliphatic rings. The van der Waals surface area contributed by atoms with Crippen LogP contribution in [0.25, 0.3) is 0 Å². The average Bonchev–Trinajstić information content (AvgIpc) is 2.42. The fourth-order valence-electron chi connectivity index (χ4n) is 1.82. The van der Waals surface area contributed by atoms with E-state index in [1.807, 2.05) is 0 Å². The minimum absolute atomic E-state index is 0.167. The number of para-hydroxylation sites is 1. The number of phenolic OH excluding ortho intramolecular Hbond substituents is 2. The Balaban J connectivity index is 2.52. The maximum Gasteiger partial charge on any atom is 0.339 e. The van der Waals surface area contributed by atoms with E-state index in [2.05, 4.69) is 0 Å². The SMILES string of the molecule is Cc1cc(S(C)(=O)=O)cc(S(=O)(=O)Oc2cccc(O)c2O)c1. The van der Waals surface area contributed by atoms with Gasteiger partial charge in [0.05, 0.1) is 4.90 Å². The topological polar surface area (TPSA) is 118 Å². The van der Waals surface area contributed by atoms with E-state index in [1.54, 1.807) is 6.92 Å². The summed E-state index contributed by atoms with van der Waals surface area (Å²) in [6.45, 7) is 1.54. The maximum absolute atomic E-state index is 12.3. The first kappa shape index (κ1) is 17.1. The second-order valence-electron chi connectivity index (χ2n) is 4.92. The summed E-state index contributed by atoms with van der Waals surface area (Å²) in [6, 6.07) is 7.14. The summed E-state index contributed by atoms with van der Waals surface area (Å²) >= 11 is 0. The zero-order valence-corrected chi connectivity index (χ0v) is 13.8. The Morgan fingerprint density at radius 3 is 2.17 bits per heavy atom. The van der Waals surface area contributed by atoms with Crippen molar-refractivity contribution in [1.82, 2.24) is 0 Å². The first-order chi connectivity index (χ1) is 10.5. The van der Waals surface area contributed by atoms with E-state index in [0.717, 1.165) is 24.5 Å². The van der Waals surface area contributed by atoms with Crippen molar-refractivity contribution < 1.29 is 31.2 Å². The lowest BCUT2D eigenvalue weighted by Crippen LogP contribution is -2.11. The normalized spacial score (nSPS) is 12.1. The monoisotopic (exact) mass is 358 g/mol. The lowest BCUT2D eigenvalue weighted by atomic mass is 10.2. The number of benzene rings is 2. The van der Waals surface area contributed by atoms with E-state index >= 15 is 0 Å². The Kier molecular flexibility index (Phi) is 4.27. The highest BCUT2D eigenvalue weighted by Gasteiger charge is 2.22. The average molecular weight is 358 g/mol. The molecule has 0 aromatic heterocycles. The molecular formula is C14H14O7S2.